The lowest BCUT2D eigenvalue weighted by Crippen LogP contribution is -2.32. The number of fused-ring (bicyclic) bond motifs is 1. The van der Waals surface area contributed by atoms with Crippen LogP contribution in [0.4, 0.5) is 5.95 Å². The molecule has 0 saturated heterocycles. The van der Waals surface area contributed by atoms with Crippen molar-refractivity contribution in [2.45, 2.75) is 13.8 Å². The Morgan fingerprint density at radius 2 is 1.70 bits per heavy atom. The number of anilines is 1. The number of halogens is 1. The number of rotatable bonds is 4. The van der Waals surface area contributed by atoms with Crippen LogP contribution >= 0.6 is 11.6 Å². The van der Waals surface area contributed by atoms with Crippen LogP contribution in [0.1, 0.15) is 13.8 Å². The van der Waals surface area contributed by atoms with Gasteiger partial charge < -0.3 is 4.90 Å². The highest BCUT2D eigenvalue weighted by Crippen LogP contribution is 2.20. The van der Waals surface area contributed by atoms with E-state index >= 15 is 0 Å². The maximum atomic E-state index is 13.0. The molecular formula is C18H18ClN3O. The molecule has 0 aliphatic carbocycles. The molecule has 0 amide bonds. The van der Waals surface area contributed by atoms with Crippen LogP contribution in [0.25, 0.3) is 16.6 Å². The predicted molar refractivity (Wildman–Crippen MR) is 95.9 cm³/mol. The molecule has 0 aliphatic heterocycles. The smallest absolute Gasteiger partial charge is 0.267 e. The molecule has 0 radical (unpaired) electrons. The van der Waals surface area contributed by atoms with Crippen molar-refractivity contribution in [3.8, 4) is 5.69 Å². The lowest BCUT2D eigenvalue weighted by Gasteiger charge is -2.24. The van der Waals surface area contributed by atoms with Crippen LogP contribution in [0, 0.1) is 0 Å². The molecule has 0 unspecified atom stereocenters. The highest BCUT2D eigenvalue weighted by atomic mass is 35.5. The van der Waals surface area contributed by atoms with Crippen molar-refractivity contribution >= 4 is 28.5 Å². The minimum atomic E-state index is -0.0696. The molecule has 0 saturated carbocycles. The van der Waals surface area contributed by atoms with Crippen LogP contribution in [0.2, 0.25) is 5.02 Å². The first-order valence-corrected chi connectivity index (χ1v) is 8.06. The molecule has 2 aromatic carbocycles. The third-order valence-electron chi connectivity index (χ3n) is 3.89. The van der Waals surface area contributed by atoms with Gasteiger partial charge in [-0.25, -0.2) is 9.55 Å². The van der Waals surface area contributed by atoms with Gasteiger partial charge in [-0.05, 0) is 50.2 Å². The van der Waals surface area contributed by atoms with Crippen molar-refractivity contribution in [1.82, 2.24) is 9.55 Å². The van der Waals surface area contributed by atoms with Crippen molar-refractivity contribution < 1.29 is 0 Å². The zero-order chi connectivity index (χ0) is 16.4. The first kappa shape index (κ1) is 15.6. The lowest BCUT2D eigenvalue weighted by atomic mass is 10.2. The Bertz CT molecular complexity index is 883. The summed E-state index contributed by atoms with van der Waals surface area (Å²) < 4.78 is 1.66. The molecule has 1 heterocycles. The Morgan fingerprint density at radius 1 is 1.04 bits per heavy atom. The van der Waals surface area contributed by atoms with Gasteiger partial charge in [0.1, 0.15) is 0 Å². The number of nitrogens with zero attached hydrogens (tertiary/aromatic N) is 3. The number of aromatic nitrogens is 2. The average Bonchev–Trinajstić information content (AvgIpc) is 2.57. The minimum Gasteiger partial charge on any atom is -0.342 e. The quantitative estimate of drug-likeness (QED) is 0.729. The van der Waals surface area contributed by atoms with E-state index in [9.17, 15) is 4.79 Å². The van der Waals surface area contributed by atoms with E-state index in [1.54, 1.807) is 16.7 Å². The summed E-state index contributed by atoms with van der Waals surface area (Å²) in [4.78, 5) is 19.8. The molecule has 0 spiro atoms. The van der Waals surface area contributed by atoms with Gasteiger partial charge in [0.2, 0.25) is 5.95 Å². The molecule has 5 heteroatoms. The fourth-order valence-corrected chi connectivity index (χ4v) is 2.79. The Labute approximate surface area is 140 Å². The van der Waals surface area contributed by atoms with Crippen molar-refractivity contribution in [2.75, 3.05) is 18.0 Å². The van der Waals surface area contributed by atoms with Crippen molar-refractivity contribution in [1.29, 1.82) is 0 Å². The summed E-state index contributed by atoms with van der Waals surface area (Å²) in [7, 11) is 0. The zero-order valence-electron chi connectivity index (χ0n) is 13.2. The van der Waals surface area contributed by atoms with Crippen LogP contribution in [-0.4, -0.2) is 22.6 Å². The Kier molecular flexibility index (Phi) is 4.35. The zero-order valence-corrected chi connectivity index (χ0v) is 13.9. The minimum absolute atomic E-state index is 0.0696. The first-order valence-electron chi connectivity index (χ1n) is 7.68. The van der Waals surface area contributed by atoms with Gasteiger partial charge in [0.15, 0.2) is 0 Å². The summed E-state index contributed by atoms with van der Waals surface area (Å²) in [5.41, 5.74) is 1.41. The summed E-state index contributed by atoms with van der Waals surface area (Å²) in [6.07, 6.45) is 0. The molecular weight excluding hydrogens is 310 g/mol. The van der Waals surface area contributed by atoms with Gasteiger partial charge in [0, 0.05) is 18.1 Å². The van der Waals surface area contributed by atoms with Gasteiger partial charge in [0.25, 0.3) is 5.56 Å². The van der Waals surface area contributed by atoms with Gasteiger partial charge in [-0.1, -0.05) is 23.7 Å². The molecule has 0 bridgehead atoms. The molecule has 23 heavy (non-hydrogen) atoms. The highest BCUT2D eigenvalue weighted by Gasteiger charge is 2.16. The molecule has 0 N–H and O–H groups in total. The number of hydrogen-bond donors (Lipinski definition) is 0. The topological polar surface area (TPSA) is 38.1 Å². The van der Waals surface area contributed by atoms with Crippen LogP contribution in [0.3, 0.4) is 0 Å². The lowest BCUT2D eigenvalue weighted by molar-refractivity contribution is 0.787. The predicted octanol–water partition coefficient (Wildman–Crippen LogP) is 3.89. The third kappa shape index (κ3) is 2.82. The first-order chi connectivity index (χ1) is 11.2. The van der Waals surface area contributed by atoms with Crippen LogP contribution in [0.15, 0.2) is 53.3 Å². The maximum absolute atomic E-state index is 13.0. The van der Waals surface area contributed by atoms with E-state index in [2.05, 4.69) is 18.7 Å². The summed E-state index contributed by atoms with van der Waals surface area (Å²) in [5, 5.41) is 1.25. The van der Waals surface area contributed by atoms with Gasteiger partial charge >= 0.3 is 0 Å². The summed E-state index contributed by atoms with van der Waals surface area (Å²) >= 11 is 5.98. The summed E-state index contributed by atoms with van der Waals surface area (Å²) in [5.74, 6) is 0.654. The summed E-state index contributed by atoms with van der Waals surface area (Å²) in [6, 6.07) is 14.7. The molecule has 4 nitrogen and oxygen atoms in total. The second-order valence-electron chi connectivity index (χ2n) is 5.22. The van der Waals surface area contributed by atoms with Crippen LogP contribution in [0.5, 0.6) is 0 Å². The van der Waals surface area contributed by atoms with Crippen LogP contribution in [-0.2, 0) is 0 Å². The van der Waals surface area contributed by atoms with Crippen molar-refractivity contribution in [3.63, 3.8) is 0 Å². The third-order valence-corrected chi connectivity index (χ3v) is 4.14. The number of para-hydroxylation sites is 1. The average molecular weight is 328 g/mol. The van der Waals surface area contributed by atoms with Crippen LogP contribution < -0.4 is 10.5 Å². The van der Waals surface area contributed by atoms with E-state index in [1.165, 1.54) is 0 Å². The van der Waals surface area contributed by atoms with E-state index in [0.29, 0.717) is 21.9 Å². The largest absolute Gasteiger partial charge is 0.342 e. The van der Waals surface area contributed by atoms with E-state index in [1.807, 2.05) is 36.4 Å². The van der Waals surface area contributed by atoms with Crippen molar-refractivity contribution in [3.05, 3.63) is 63.9 Å². The Morgan fingerprint density at radius 3 is 2.35 bits per heavy atom. The van der Waals surface area contributed by atoms with Gasteiger partial charge in [-0.3, -0.25) is 4.79 Å². The summed E-state index contributed by atoms with van der Waals surface area (Å²) in [6.45, 7) is 5.65. The molecule has 1 aromatic heterocycles. The second-order valence-corrected chi connectivity index (χ2v) is 5.65. The second kappa shape index (κ2) is 6.42. The fraction of sp³-hybridized carbons (Fsp3) is 0.222. The van der Waals surface area contributed by atoms with Gasteiger partial charge in [0.05, 0.1) is 16.6 Å². The normalized spacial score (nSPS) is 10.9. The number of benzene rings is 2. The van der Waals surface area contributed by atoms with Gasteiger partial charge in [-0.15, -0.1) is 0 Å². The standard InChI is InChI=1S/C18H18ClN3O/c1-3-21(4-2)18-20-16-8-6-5-7-15(16)17(23)22(18)14-11-9-13(19)10-12-14/h5-12H,3-4H2,1-2H3. The monoisotopic (exact) mass is 327 g/mol. The fourth-order valence-electron chi connectivity index (χ4n) is 2.66. The Balaban J connectivity index is 2.36. The molecule has 0 atom stereocenters. The number of hydrogen-bond acceptors (Lipinski definition) is 3. The molecule has 3 rings (SSSR count). The van der Waals surface area contributed by atoms with E-state index in [-0.39, 0.29) is 5.56 Å². The van der Waals surface area contributed by atoms with E-state index in [4.69, 9.17) is 16.6 Å². The maximum Gasteiger partial charge on any atom is 0.267 e. The highest BCUT2D eigenvalue weighted by molar-refractivity contribution is 6.30. The van der Waals surface area contributed by atoms with E-state index in [0.717, 1.165) is 18.8 Å². The van der Waals surface area contributed by atoms with E-state index < -0.39 is 0 Å². The molecule has 118 valence electrons. The molecule has 3 aromatic rings. The van der Waals surface area contributed by atoms with Crippen molar-refractivity contribution in [2.24, 2.45) is 0 Å². The SMILES string of the molecule is CCN(CC)c1nc2ccccc2c(=O)n1-c1ccc(Cl)cc1. The Hall–Kier alpha value is -2.33. The molecule has 0 aliphatic rings. The molecule has 0 fully saturated rings. The van der Waals surface area contributed by atoms with Gasteiger partial charge in [-0.2, -0.15) is 0 Å².